The van der Waals surface area contributed by atoms with Crippen LogP contribution in [-0.2, 0) is 9.53 Å². The molecule has 5 nitrogen and oxygen atoms in total. The van der Waals surface area contributed by atoms with Crippen LogP contribution in [0.1, 0.15) is 26.2 Å². The first-order valence-corrected chi connectivity index (χ1v) is 10.8. The molecule has 2 heterocycles. The van der Waals surface area contributed by atoms with E-state index >= 15 is 0 Å². The van der Waals surface area contributed by atoms with Crippen LogP contribution in [0.3, 0.4) is 0 Å². The van der Waals surface area contributed by atoms with Crippen LogP contribution in [0.5, 0.6) is 5.88 Å². The highest BCUT2D eigenvalue weighted by molar-refractivity contribution is 7.13. The second kappa shape index (κ2) is 8.95. The summed E-state index contributed by atoms with van der Waals surface area (Å²) in [5.41, 5.74) is 0.357. The Labute approximate surface area is 177 Å². The lowest BCUT2D eigenvalue weighted by Gasteiger charge is -2.33. The number of esters is 1. The summed E-state index contributed by atoms with van der Waals surface area (Å²) < 4.78 is 40.2. The number of anilines is 1. The Morgan fingerprint density at radius 1 is 1.27 bits per heavy atom. The van der Waals surface area contributed by atoms with Gasteiger partial charge in [-0.25, -0.2) is 13.8 Å². The van der Waals surface area contributed by atoms with Gasteiger partial charge in [-0.05, 0) is 50.0 Å². The van der Waals surface area contributed by atoms with Crippen molar-refractivity contribution in [2.45, 2.75) is 26.2 Å². The largest absolute Gasteiger partial charge is 0.466 e. The zero-order chi connectivity index (χ0) is 21.1. The van der Waals surface area contributed by atoms with Crippen molar-refractivity contribution in [3.05, 3.63) is 53.1 Å². The topological polar surface area (TPSA) is 51.7 Å². The quantitative estimate of drug-likeness (QED) is 0.571. The fourth-order valence-corrected chi connectivity index (χ4v) is 4.32. The Morgan fingerprint density at radius 2 is 1.97 bits per heavy atom. The second-order valence-electron chi connectivity index (χ2n) is 7.25. The lowest BCUT2D eigenvalue weighted by Crippen LogP contribution is -2.35. The van der Waals surface area contributed by atoms with E-state index in [9.17, 15) is 13.6 Å². The van der Waals surface area contributed by atoms with E-state index in [1.54, 1.807) is 17.2 Å². The third kappa shape index (κ3) is 4.53. The number of halogens is 2. The maximum Gasteiger partial charge on any atom is 0.306 e. The van der Waals surface area contributed by atoms with Crippen molar-refractivity contribution in [1.82, 2.24) is 4.98 Å². The Kier molecular flexibility index (Phi) is 6.13. The van der Waals surface area contributed by atoms with E-state index in [4.69, 9.17) is 9.47 Å². The second-order valence-corrected chi connectivity index (χ2v) is 8.11. The normalized spacial score (nSPS) is 16.2. The van der Waals surface area contributed by atoms with Gasteiger partial charge in [-0.1, -0.05) is 6.08 Å². The number of piperidine rings is 1. The van der Waals surface area contributed by atoms with Crippen LogP contribution in [0.4, 0.5) is 14.5 Å². The molecule has 0 atom stereocenters. The summed E-state index contributed by atoms with van der Waals surface area (Å²) in [6.45, 7) is 3.13. The van der Waals surface area contributed by atoms with Gasteiger partial charge >= 0.3 is 5.97 Å². The maximum atomic E-state index is 14.8. The average Bonchev–Trinajstić information content (AvgIpc) is 3.14. The molecule has 30 heavy (non-hydrogen) atoms. The number of benzene rings is 1. The van der Waals surface area contributed by atoms with Gasteiger partial charge in [0.15, 0.2) is 0 Å². The van der Waals surface area contributed by atoms with Gasteiger partial charge in [0, 0.05) is 25.1 Å². The Balaban J connectivity index is 1.43. The first kappa shape index (κ1) is 20.5. The number of nitrogens with zero attached hydrogens (tertiary/aromatic N) is 2. The number of ether oxygens (including phenoxy) is 2. The van der Waals surface area contributed by atoms with Crippen LogP contribution in [0.25, 0.3) is 10.6 Å². The molecule has 1 aromatic heterocycles. The van der Waals surface area contributed by atoms with Crippen LogP contribution < -0.4 is 9.64 Å². The monoisotopic (exact) mass is 432 g/mol. The molecule has 0 radical (unpaired) electrons. The molecule has 2 aliphatic rings. The highest BCUT2D eigenvalue weighted by Gasteiger charge is 2.26. The molecule has 0 bridgehead atoms. The molecule has 1 aromatic carbocycles. The number of aromatic nitrogens is 1. The summed E-state index contributed by atoms with van der Waals surface area (Å²) in [5, 5.41) is 2.20. The number of carbonyl (C=O) groups is 1. The third-order valence-electron chi connectivity index (χ3n) is 5.18. The number of thiazole rings is 1. The summed E-state index contributed by atoms with van der Waals surface area (Å²) >= 11 is 1.27. The fraction of sp³-hybridized carbons (Fsp3) is 0.364. The van der Waals surface area contributed by atoms with E-state index in [2.05, 4.69) is 4.98 Å². The summed E-state index contributed by atoms with van der Waals surface area (Å²) in [4.78, 5) is 17.7. The zero-order valence-electron chi connectivity index (χ0n) is 16.6. The van der Waals surface area contributed by atoms with Crippen LogP contribution in [0.2, 0.25) is 0 Å². The highest BCUT2D eigenvalue weighted by Crippen LogP contribution is 2.35. The molecular weight excluding hydrogens is 410 g/mol. The smallest absolute Gasteiger partial charge is 0.306 e. The van der Waals surface area contributed by atoms with Gasteiger partial charge in [-0.2, -0.15) is 0 Å². The molecule has 1 aliphatic heterocycles. The molecular formula is C22H22F2N2O3S. The Morgan fingerprint density at radius 3 is 2.57 bits per heavy atom. The predicted octanol–water partition coefficient (Wildman–Crippen LogP) is 5.09. The van der Waals surface area contributed by atoms with E-state index < -0.39 is 11.6 Å². The van der Waals surface area contributed by atoms with E-state index in [1.165, 1.54) is 23.5 Å². The molecule has 0 unspecified atom stereocenters. The van der Waals surface area contributed by atoms with E-state index in [1.807, 2.05) is 18.2 Å². The predicted molar refractivity (Wildman–Crippen MR) is 112 cm³/mol. The minimum absolute atomic E-state index is 0.0221. The van der Waals surface area contributed by atoms with Gasteiger partial charge in [0.2, 0.25) is 5.88 Å². The van der Waals surface area contributed by atoms with Gasteiger partial charge in [-0.15, -0.1) is 11.3 Å². The van der Waals surface area contributed by atoms with Crippen molar-refractivity contribution in [2.24, 2.45) is 5.92 Å². The minimum Gasteiger partial charge on any atom is -0.466 e. The summed E-state index contributed by atoms with van der Waals surface area (Å²) in [6, 6.07) is 2.63. The first-order chi connectivity index (χ1) is 14.5. The van der Waals surface area contributed by atoms with Crippen molar-refractivity contribution in [2.75, 3.05) is 24.6 Å². The van der Waals surface area contributed by atoms with Gasteiger partial charge < -0.3 is 14.4 Å². The number of carbonyl (C=O) groups excluding carboxylic acids is 1. The van der Waals surface area contributed by atoms with Crippen molar-refractivity contribution in [3.63, 3.8) is 0 Å². The number of hydrogen-bond donors (Lipinski definition) is 0. The minimum atomic E-state index is -0.615. The SMILES string of the molecule is CCOC(=O)CC1CCN(c2c(F)cc(-c3nc(OC4=CC=C4)cs3)cc2F)CC1. The molecule has 1 saturated heterocycles. The van der Waals surface area contributed by atoms with Crippen LogP contribution in [0.15, 0.2) is 41.5 Å². The lowest BCUT2D eigenvalue weighted by molar-refractivity contribution is -0.144. The van der Waals surface area contributed by atoms with Gasteiger partial charge in [0.05, 0.1) is 12.0 Å². The summed E-state index contributed by atoms with van der Waals surface area (Å²) in [6.07, 6.45) is 7.21. The first-order valence-electron chi connectivity index (χ1n) is 9.95. The standard InChI is InChI=1S/C22H22F2N2O3S/c1-2-28-20(27)10-14-6-8-26(9-7-14)21-17(23)11-15(12-18(21)24)22-25-19(13-30-22)29-16-4-3-5-16/h3-5,11-14H,2,6-10H2,1H3. The van der Waals surface area contributed by atoms with Gasteiger partial charge in [-0.3, -0.25) is 4.79 Å². The van der Waals surface area contributed by atoms with E-state index in [0.717, 1.165) is 0 Å². The third-order valence-corrected chi connectivity index (χ3v) is 6.05. The van der Waals surface area contributed by atoms with Crippen LogP contribution >= 0.6 is 11.3 Å². The lowest BCUT2D eigenvalue weighted by atomic mass is 9.93. The van der Waals surface area contributed by atoms with Crippen molar-refractivity contribution in [1.29, 1.82) is 0 Å². The van der Waals surface area contributed by atoms with Gasteiger partial charge in [0.1, 0.15) is 28.1 Å². The molecule has 1 fully saturated rings. The molecule has 1 aliphatic carbocycles. The molecule has 0 amide bonds. The molecule has 0 spiro atoms. The Hall–Kier alpha value is -2.74. The fourth-order valence-electron chi connectivity index (χ4n) is 3.61. The summed E-state index contributed by atoms with van der Waals surface area (Å²) in [7, 11) is 0. The maximum absolute atomic E-state index is 14.8. The highest BCUT2D eigenvalue weighted by atomic mass is 32.1. The summed E-state index contributed by atoms with van der Waals surface area (Å²) in [5.74, 6) is -0.161. The van der Waals surface area contributed by atoms with Crippen molar-refractivity contribution < 1.29 is 23.0 Å². The van der Waals surface area contributed by atoms with Crippen molar-refractivity contribution in [3.8, 4) is 16.5 Å². The van der Waals surface area contributed by atoms with Crippen LogP contribution in [-0.4, -0.2) is 30.6 Å². The van der Waals surface area contributed by atoms with Gasteiger partial charge in [0.25, 0.3) is 0 Å². The number of rotatable bonds is 7. The van der Waals surface area contributed by atoms with Crippen LogP contribution in [0, 0.1) is 17.6 Å². The molecule has 158 valence electrons. The van der Waals surface area contributed by atoms with Crippen molar-refractivity contribution >= 4 is 23.0 Å². The molecule has 2 aromatic rings. The zero-order valence-corrected chi connectivity index (χ0v) is 17.4. The molecule has 0 N–H and O–H groups in total. The molecule has 4 rings (SSSR count). The Bertz CT molecular complexity index is 971. The van der Waals surface area contributed by atoms with E-state index in [0.29, 0.717) is 61.2 Å². The molecule has 0 saturated carbocycles. The number of allylic oxidation sites excluding steroid dienone is 3. The average molecular weight is 432 g/mol. The number of hydrogen-bond acceptors (Lipinski definition) is 6. The van der Waals surface area contributed by atoms with E-state index in [-0.39, 0.29) is 17.6 Å². The molecule has 8 heteroatoms.